The molecule has 1 atom stereocenters. The van der Waals surface area contributed by atoms with E-state index >= 15 is 0 Å². The highest BCUT2D eigenvalue weighted by Crippen LogP contribution is 2.19. The van der Waals surface area contributed by atoms with Gasteiger partial charge in [0.05, 0.1) is 7.11 Å². The third-order valence-electron chi connectivity index (χ3n) is 2.54. The van der Waals surface area contributed by atoms with E-state index in [0.717, 1.165) is 11.3 Å². The van der Waals surface area contributed by atoms with Crippen LogP contribution in [0.5, 0.6) is 0 Å². The molecule has 1 unspecified atom stereocenters. The van der Waals surface area contributed by atoms with Crippen LogP contribution in [-0.2, 0) is 9.53 Å². The van der Waals surface area contributed by atoms with Crippen molar-refractivity contribution in [3.8, 4) is 0 Å². The summed E-state index contributed by atoms with van der Waals surface area (Å²) in [5, 5.41) is 3.16. The lowest BCUT2D eigenvalue weighted by Gasteiger charge is -2.21. The number of ether oxygens (including phenoxy) is 1. The molecule has 1 rings (SSSR count). The maximum absolute atomic E-state index is 11.6. The molecule has 0 saturated heterocycles. The molecular weight excluding hydrogens is 216 g/mol. The molecule has 4 nitrogen and oxygen atoms in total. The first-order valence-corrected chi connectivity index (χ1v) is 5.65. The predicted molar refractivity (Wildman–Crippen MR) is 69.9 cm³/mol. The average molecular weight is 236 g/mol. The summed E-state index contributed by atoms with van der Waals surface area (Å²) in [5.41, 5.74) is 8.34. The zero-order valence-corrected chi connectivity index (χ0v) is 10.8. The quantitative estimate of drug-likeness (QED) is 0.621. The van der Waals surface area contributed by atoms with Gasteiger partial charge in [-0.05, 0) is 36.6 Å². The monoisotopic (exact) mass is 236 g/mol. The molecular formula is C13H20N2O2. The van der Waals surface area contributed by atoms with Crippen LogP contribution < -0.4 is 11.1 Å². The van der Waals surface area contributed by atoms with E-state index in [0.29, 0.717) is 5.69 Å². The number of carbonyl (C=O) groups is 1. The molecule has 1 aromatic rings. The second kappa shape index (κ2) is 5.57. The van der Waals surface area contributed by atoms with Crippen molar-refractivity contribution in [2.75, 3.05) is 18.2 Å². The SMILES string of the molecule is COC(=O)C(Nc1cc(C)cc(N)c1)C(C)C. The van der Waals surface area contributed by atoms with Gasteiger partial charge in [-0.1, -0.05) is 13.8 Å². The summed E-state index contributed by atoms with van der Waals surface area (Å²) in [7, 11) is 1.39. The highest BCUT2D eigenvalue weighted by atomic mass is 16.5. The number of methoxy groups -OCH3 is 1. The number of hydrogen-bond acceptors (Lipinski definition) is 4. The van der Waals surface area contributed by atoms with Gasteiger partial charge in [0, 0.05) is 11.4 Å². The Balaban J connectivity index is 2.89. The van der Waals surface area contributed by atoms with Gasteiger partial charge in [0.25, 0.3) is 0 Å². The predicted octanol–water partition coefficient (Wildman–Crippen LogP) is 2.19. The smallest absolute Gasteiger partial charge is 0.328 e. The van der Waals surface area contributed by atoms with E-state index in [4.69, 9.17) is 10.5 Å². The number of nitrogens with one attached hydrogen (secondary N) is 1. The molecule has 0 fully saturated rings. The average Bonchev–Trinajstić information content (AvgIpc) is 2.23. The third-order valence-corrected chi connectivity index (χ3v) is 2.54. The molecule has 0 radical (unpaired) electrons. The Labute approximate surface area is 102 Å². The van der Waals surface area contributed by atoms with Gasteiger partial charge in [-0.25, -0.2) is 4.79 Å². The molecule has 0 aliphatic rings. The maximum Gasteiger partial charge on any atom is 0.328 e. The molecule has 0 saturated carbocycles. The van der Waals surface area contributed by atoms with Gasteiger partial charge in [0.15, 0.2) is 0 Å². The number of benzene rings is 1. The van der Waals surface area contributed by atoms with Crippen LogP contribution in [0.4, 0.5) is 11.4 Å². The van der Waals surface area contributed by atoms with E-state index in [1.165, 1.54) is 7.11 Å². The number of nitrogen functional groups attached to an aromatic ring is 1. The zero-order chi connectivity index (χ0) is 13.0. The Morgan fingerprint density at radius 3 is 2.47 bits per heavy atom. The van der Waals surface area contributed by atoms with Crippen molar-refractivity contribution in [1.29, 1.82) is 0 Å². The van der Waals surface area contributed by atoms with E-state index in [2.05, 4.69) is 5.32 Å². The minimum atomic E-state index is -0.360. The summed E-state index contributed by atoms with van der Waals surface area (Å²) in [6, 6.07) is 5.29. The van der Waals surface area contributed by atoms with E-state index in [1.54, 1.807) is 0 Å². The fourth-order valence-electron chi connectivity index (χ4n) is 1.70. The fourth-order valence-corrected chi connectivity index (χ4v) is 1.70. The van der Waals surface area contributed by atoms with Crippen LogP contribution in [0, 0.1) is 12.8 Å². The number of aryl methyl sites for hydroxylation is 1. The number of nitrogens with two attached hydrogens (primary N) is 1. The van der Waals surface area contributed by atoms with Crippen LogP contribution in [0.3, 0.4) is 0 Å². The first kappa shape index (κ1) is 13.4. The van der Waals surface area contributed by atoms with Crippen molar-refractivity contribution in [1.82, 2.24) is 0 Å². The number of carbonyl (C=O) groups excluding carboxylic acids is 1. The molecule has 3 N–H and O–H groups in total. The van der Waals surface area contributed by atoms with Gasteiger partial charge >= 0.3 is 5.97 Å². The van der Waals surface area contributed by atoms with Gasteiger partial charge in [-0.3, -0.25) is 0 Å². The molecule has 0 aliphatic heterocycles. The summed E-state index contributed by atoms with van der Waals surface area (Å²) in [6.07, 6.45) is 0. The van der Waals surface area contributed by atoms with Crippen molar-refractivity contribution >= 4 is 17.3 Å². The topological polar surface area (TPSA) is 64.3 Å². The largest absolute Gasteiger partial charge is 0.467 e. The van der Waals surface area contributed by atoms with Crippen LogP contribution in [0.15, 0.2) is 18.2 Å². The van der Waals surface area contributed by atoms with Crippen LogP contribution >= 0.6 is 0 Å². The molecule has 0 heterocycles. The van der Waals surface area contributed by atoms with E-state index in [1.807, 2.05) is 39.0 Å². The third kappa shape index (κ3) is 3.66. The first-order valence-electron chi connectivity index (χ1n) is 5.65. The highest BCUT2D eigenvalue weighted by molar-refractivity contribution is 5.79. The van der Waals surface area contributed by atoms with Crippen molar-refractivity contribution in [2.24, 2.45) is 5.92 Å². The van der Waals surface area contributed by atoms with E-state index in [9.17, 15) is 4.79 Å². The number of esters is 1. The summed E-state index contributed by atoms with van der Waals surface area (Å²) < 4.78 is 4.77. The molecule has 4 heteroatoms. The van der Waals surface area contributed by atoms with Crippen LogP contribution in [0.1, 0.15) is 19.4 Å². The highest BCUT2D eigenvalue weighted by Gasteiger charge is 2.22. The Kier molecular flexibility index (Phi) is 4.37. The Hall–Kier alpha value is -1.71. The Morgan fingerprint density at radius 2 is 2.00 bits per heavy atom. The molecule has 0 bridgehead atoms. The minimum Gasteiger partial charge on any atom is -0.467 e. The second-order valence-electron chi connectivity index (χ2n) is 4.52. The van der Waals surface area contributed by atoms with Gasteiger partial charge < -0.3 is 15.8 Å². The maximum atomic E-state index is 11.6. The van der Waals surface area contributed by atoms with E-state index < -0.39 is 0 Å². The molecule has 94 valence electrons. The van der Waals surface area contributed by atoms with Gasteiger partial charge in [-0.2, -0.15) is 0 Å². The van der Waals surface area contributed by atoms with Crippen molar-refractivity contribution in [3.05, 3.63) is 23.8 Å². The van der Waals surface area contributed by atoms with Crippen molar-refractivity contribution in [2.45, 2.75) is 26.8 Å². The lowest BCUT2D eigenvalue weighted by Crippen LogP contribution is -2.35. The van der Waals surface area contributed by atoms with Crippen LogP contribution in [-0.4, -0.2) is 19.1 Å². The standard InChI is InChI=1S/C13H20N2O2/c1-8(2)12(13(16)17-4)15-11-6-9(3)5-10(14)7-11/h5-8,12,15H,14H2,1-4H3. The molecule has 0 aromatic heterocycles. The zero-order valence-electron chi connectivity index (χ0n) is 10.8. The minimum absolute atomic E-state index is 0.143. The summed E-state index contributed by atoms with van der Waals surface area (Å²) in [5.74, 6) is -0.121. The lowest BCUT2D eigenvalue weighted by molar-refractivity contribution is -0.142. The molecule has 0 amide bonds. The summed E-state index contributed by atoms with van der Waals surface area (Å²) in [6.45, 7) is 5.89. The summed E-state index contributed by atoms with van der Waals surface area (Å²) in [4.78, 5) is 11.6. The van der Waals surface area contributed by atoms with Crippen molar-refractivity contribution < 1.29 is 9.53 Å². The number of hydrogen-bond donors (Lipinski definition) is 2. The van der Waals surface area contributed by atoms with Gasteiger partial charge in [0.2, 0.25) is 0 Å². The fraction of sp³-hybridized carbons (Fsp3) is 0.462. The Morgan fingerprint density at radius 1 is 1.35 bits per heavy atom. The van der Waals surface area contributed by atoms with Crippen molar-refractivity contribution in [3.63, 3.8) is 0 Å². The van der Waals surface area contributed by atoms with Gasteiger partial charge in [0.1, 0.15) is 6.04 Å². The van der Waals surface area contributed by atoms with Crippen LogP contribution in [0.25, 0.3) is 0 Å². The lowest BCUT2D eigenvalue weighted by atomic mass is 10.0. The number of rotatable bonds is 4. The van der Waals surface area contributed by atoms with E-state index in [-0.39, 0.29) is 17.9 Å². The Bertz CT molecular complexity index is 382. The molecule has 1 aromatic carbocycles. The second-order valence-corrected chi connectivity index (χ2v) is 4.52. The van der Waals surface area contributed by atoms with Crippen LogP contribution in [0.2, 0.25) is 0 Å². The van der Waals surface area contributed by atoms with Gasteiger partial charge in [-0.15, -0.1) is 0 Å². The molecule has 0 spiro atoms. The normalized spacial score (nSPS) is 12.3. The number of anilines is 2. The molecule has 17 heavy (non-hydrogen) atoms. The molecule has 0 aliphatic carbocycles. The first-order chi connectivity index (χ1) is 7.93. The summed E-state index contributed by atoms with van der Waals surface area (Å²) >= 11 is 0.